The molecule has 0 aliphatic carbocycles. The maximum Gasteiger partial charge on any atom is 0.140 e. The number of nitrogens with one attached hydrogen (secondary N) is 1. The van der Waals surface area contributed by atoms with Crippen LogP contribution in [0.2, 0.25) is 0 Å². The Kier molecular flexibility index (Phi) is 6.98. The average molecular weight is 144 g/mol. The molecule has 0 aromatic heterocycles. The van der Waals surface area contributed by atoms with Crippen molar-refractivity contribution in [2.45, 2.75) is 45.8 Å². The van der Waals surface area contributed by atoms with Crippen LogP contribution in [-0.4, -0.2) is 12.8 Å². The standard InChI is InChI=1S/C8H18NO/c1-3-4-5-6-7-9-8(2)10/h8-9H,3-7H2,1-2H3. The summed E-state index contributed by atoms with van der Waals surface area (Å²) in [4.78, 5) is 0. The quantitative estimate of drug-likeness (QED) is 0.448. The molecule has 1 atom stereocenters. The zero-order valence-electron chi connectivity index (χ0n) is 7.02. The first-order valence-corrected chi connectivity index (χ1v) is 4.16. The molecule has 10 heavy (non-hydrogen) atoms. The molecule has 0 aliphatic heterocycles. The van der Waals surface area contributed by atoms with Crippen molar-refractivity contribution in [2.75, 3.05) is 6.54 Å². The minimum Gasteiger partial charge on any atom is -0.290 e. The molecule has 0 rings (SSSR count). The van der Waals surface area contributed by atoms with Crippen molar-refractivity contribution in [3.8, 4) is 0 Å². The van der Waals surface area contributed by atoms with Crippen LogP contribution in [0.4, 0.5) is 0 Å². The van der Waals surface area contributed by atoms with Crippen LogP contribution in [0.3, 0.4) is 0 Å². The molecule has 0 bridgehead atoms. The van der Waals surface area contributed by atoms with Gasteiger partial charge in [-0.2, -0.15) is 0 Å². The SMILES string of the molecule is CCCCCCNC(C)[O]. The van der Waals surface area contributed by atoms with Gasteiger partial charge in [0.2, 0.25) is 0 Å². The molecule has 0 fully saturated rings. The maximum atomic E-state index is 10.4. The molecule has 2 heteroatoms. The summed E-state index contributed by atoms with van der Waals surface area (Å²) in [5.41, 5.74) is 0. The molecule has 0 amide bonds. The van der Waals surface area contributed by atoms with E-state index in [9.17, 15) is 5.11 Å². The van der Waals surface area contributed by atoms with E-state index in [4.69, 9.17) is 0 Å². The Morgan fingerprint density at radius 3 is 2.50 bits per heavy atom. The minimum atomic E-state index is -0.596. The normalized spacial score (nSPS) is 13.5. The van der Waals surface area contributed by atoms with Gasteiger partial charge in [0.25, 0.3) is 0 Å². The highest BCUT2D eigenvalue weighted by molar-refractivity contribution is 4.47. The van der Waals surface area contributed by atoms with Gasteiger partial charge in [-0.15, -0.1) is 0 Å². The predicted molar refractivity (Wildman–Crippen MR) is 42.3 cm³/mol. The summed E-state index contributed by atoms with van der Waals surface area (Å²) >= 11 is 0. The number of unbranched alkanes of at least 4 members (excludes halogenated alkanes) is 3. The van der Waals surface area contributed by atoms with Gasteiger partial charge in [-0.1, -0.05) is 26.2 Å². The average Bonchev–Trinajstić information content (AvgIpc) is 1.87. The Bertz CT molecular complexity index is 64.3. The first-order chi connectivity index (χ1) is 4.77. The van der Waals surface area contributed by atoms with E-state index in [0.717, 1.165) is 13.0 Å². The molecular weight excluding hydrogens is 126 g/mol. The van der Waals surface area contributed by atoms with Crippen LogP contribution in [0, 0.1) is 0 Å². The van der Waals surface area contributed by atoms with Crippen LogP contribution >= 0.6 is 0 Å². The van der Waals surface area contributed by atoms with Crippen molar-refractivity contribution in [1.29, 1.82) is 0 Å². The van der Waals surface area contributed by atoms with E-state index in [1.807, 2.05) is 0 Å². The van der Waals surface area contributed by atoms with E-state index in [1.54, 1.807) is 6.92 Å². The summed E-state index contributed by atoms with van der Waals surface area (Å²) < 4.78 is 0. The Hall–Kier alpha value is -0.0800. The highest BCUT2D eigenvalue weighted by atomic mass is 16.3. The fourth-order valence-corrected chi connectivity index (χ4v) is 0.857. The van der Waals surface area contributed by atoms with Gasteiger partial charge in [-0.05, 0) is 19.9 Å². The molecule has 0 saturated carbocycles. The van der Waals surface area contributed by atoms with Crippen molar-refractivity contribution in [3.05, 3.63) is 0 Å². The van der Waals surface area contributed by atoms with Crippen molar-refractivity contribution in [2.24, 2.45) is 0 Å². The highest BCUT2D eigenvalue weighted by Crippen LogP contribution is 1.96. The van der Waals surface area contributed by atoms with Crippen LogP contribution in [0.25, 0.3) is 0 Å². The molecule has 1 N–H and O–H groups in total. The van der Waals surface area contributed by atoms with E-state index in [0.29, 0.717) is 0 Å². The van der Waals surface area contributed by atoms with Gasteiger partial charge in [0.05, 0.1) is 0 Å². The molecule has 1 radical (unpaired) electrons. The first-order valence-electron chi connectivity index (χ1n) is 4.16. The predicted octanol–water partition coefficient (Wildman–Crippen LogP) is 1.93. The van der Waals surface area contributed by atoms with Crippen molar-refractivity contribution >= 4 is 0 Å². The molecule has 0 saturated heterocycles. The molecule has 0 aromatic rings. The van der Waals surface area contributed by atoms with E-state index in [1.165, 1.54) is 19.3 Å². The number of rotatable bonds is 6. The smallest absolute Gasteiger partial charge is 0.140 e. The van der Waals surface area contributed by atoms with Gasteiger partial charge in [-0.25, -0.2) is 5.11 Å². The van der Waals surface area contributed by atoms with Gasteiger partial charge >= 0.3 is 0 Å². The second-order valence-electron chi connectivity index (χ2n) is 2.66. The Morgan fingerprint density at radius 1 is 1.30 bits per heavy atom. The first kappa shape index (κ1) is 9.92. The Morgan fingerprint density at radius 2 is 2.00 bits per heavy atom. The van der Waals surface area contributed by atoms with Crippen molar-refractivity contribution in [1.82, 2.24) is 5.32 Å². The molecule has 2 nitrogen and oxygen atoms in total. The van der Waals surface area contributed by atoms with Gasteiger partial charge in [-0.3, -0.25) is 5.32 Å². The highest BCUT2D eigenvalue weighted by Gasteiger charge is 1.93. The summed E-state index contributed by atoms with van der Waals surface area (Å²) in [6.45, 7) is 4.70. The van der Waals surface area contributed by atoms with Gasteiger partial charge in [0.15, 0.2) is 0 Å². The van der Waals surface area contributed by atoms with E-state index >= 15 is 0 Å². The molecule has 0 aromatic carbocycles. The lowest BCUT2D eigenvalue weighted by Gasteiger charge is -2.03. The fourth-order valence-electron chi connectivity index (χ4n) is 0.857. The third kappa shape index (κ3) is 7.92. The molecule has 0 spiro atoms. The minimum absolute atomic E-state index is 0.596. The maximum absolute atomic E-state index is 10.4. The molecular formula is C8H18NO. The Balaban J connectivity index is 2.77. The molecule has 1 unspecified atom stereocenters. The van der Waals surface area contributed by atoms with Crippen molar-refractivity contribution in [3.63, 3.8) is 0 Å². The third-order valence-electron chi connectivity index (χ3n) is 1.46. The lowest BCUT2D eigenvalue weighted by Crippen LogP contribution is -2.24. The lowest BCUT2D eigenvalue weighted by atomic mass is 10.2. The Labute approximate surface area is 63.6 Å². The largest absolute Gasteiger partial charge is 0.290 e. The van der Waals surface area contributed by atoms with E-state index in [-0.39, 0.29) is 0 Å². The summed E-state index contributed by atoms with van der Waals surface area (Å²) in [5.74, 6) is 0. The summed E-state index contributed by atoms with van der Waals surface area (Å²) in [6.07, 6.45) is 4.33. The van der Waals surface area contributed by atoms with Gasteiger partial charge in [0, 0.05) is 0 Å². The van der Waals surface area contributed by atoms with Crippen LogP contribution in [0.5, 0.6) is 0 Å². The molecule has 0 aliphatic rings. The van der Waals surface area contributed by atoms with E-state index in [2.05, 4.69) is 12.2 Å². The zero-order chi connectivity index (χ0) is 7.82. The van der Waals surface area contributed by atoms with Crippen LogP contribution < -0.4 is 5.32 Å². The van der Waals surface area contributed by atoms with Crippen LogP contribution in [0.1, 0.15) is 39.5 Å². The third-order valence-corrected chi connectivity index (χ3v) is 1.46. The fraction of sp³-hybridized carbons (Fsp3) is 1.00. The summed E-state index contributed by atoms with van der Waals surface area (Å²) in [6, 6.07) is 0. The topological polar surface area (TPSA) is 31.9 Å². The zero-order valence-corrected chi connectivity index (χ0v) is 7.02. The van der Waals surface area contributed by atoms with Crippen molar-refractivity contribution < 1.29 is 5.11 Å². The van der Waals surface area contributed by atoms with E-state index < -0.39 is 6.23 Å². The molecule has 61 valence electrons. The second-order valence-corrected chi connectivity index (χ2v) is 2.66. The van der Waals surface area contributed by atoms with Crippen LogP contribution in [-0.2, 0) is 5.11 Å². The van der Waals surface area contributed by atoms with Gasteiger partial charge in [0.1, 0.15) is 6.23 Å². The van der Waals surface area contributed by atoms with Crippen LogP contribution in [0.15, 0.2) is 0 Å². The summed E-state index contributed by atoms with van der Waals surface area (Å²) in [5, 5.41) is 13.3. The van der Waals surface area contributed by atoms with Gasteiger partial charge < -0.3 is 0 Å². The lowest BCUT2D eigenvalue weighted by molar-refractivity contribution is 0.0751. The summed E-state index contributed by atoms with van der Waals surface area (Å²) in [7, 11) is 0. The number of hydrogen-bond acceptors (Lipinski definition) is 1. The monoisotopic (exact) mass is 144 g/mol. The number of hydrogen-bond donors (Lipinski definition) is 1. The second kappa shape index (κ2) is 7.03. The molecule has 0 heterocycles.